The number of hydrogen-bond donors (Lipinski definition) is 1. The van der Waals surface area contributed by atoms with E-state index in [0.29, 0.717) is 5.25 Å². The number of ether oxygens (including phenoxy) is 1. The Hall–Kier alpha value is -0.220. The molecule has 0 radical (unpaired) electrons. The summed E-state index contributed by atoms with van der Waals surface area (Å²) in [4.78, 5) is 1.32. The molecule has 4 heteroatoms. The van der Waals surface area contributed by atoms with Crippen molar-refractivity contribution in [3.8, 4) is 0 Å². The summed E-state index contributed by atoms with van der Waals surface area (Å²) in [5.41, 5.74) is 1.36. The molecule has 2 rings (SSSR count). The summed E-state index contributed by atoms with van der Waals surface area (Å²) >= 11 is 8.10. The summed E-state index contributed by atoms with van der Waals surface area (Å²) in [7, 11) is 0. The van der Waals surface area contributed by atoms with Gasteiger partial charge in [-0.2, -0.15) is 0 Å². The molecule has 0 amide bonds. The van der Waals surface area contributed by atoms with Crippen molar-refractivity contribution in [1.82, 2.24) is 5.32 Å². The van der Waals surface area contributed by atoms with Crippen LogP contribution < -0.4 is 5.32 Å². The molecule has 0 aromatic heterocycles. The molecule has 0 unspecified atom stereocenters. The number of benzene rings is 1. The van der Waals surface area contributed by atoms with Gasteiger partial charge < -0.3 is 10.1 Å². The first-order valence-corrected chi connectivity index (χ1v) is 8.29. The van der Waals surface area contributed by atoms with Crippen LogP contribution in [0, 0.1) is 0 Å². The molecule has 1 aromatic carbocycles. The van der Waals surface area contributed by atoms with Gasteiger partial charge in [-0.25, -0.2) is 0 Å². The van der Waals surface area contributed by atoms with E-state index in [1.54, 1.807) is 0 Å². The molecule has 0 aliphatic carbocycles. The summed E-state index contributed by atoms with van der Waals surface area (Å²) in [6, 6.07) is 6.23. The number of nitrogens with one attached hydrogen (secondary N) is 1. The normalized spacial score (nSPS) is 16.7. The number of thioether (sulfide) groups is 1. The lowest BCUT2D eigenvalue weighted by Crippen LogP contribution is -2.18. The predicted molar refractivity (Wildman–Crippen MR) is 83.1 cm³/mol. The van der Waals surface area contributed by atoms with E-state index >= 15 is 0 Å². The molecular formula is C15H22ClNOS. The lowest BCUT2D eigenvalue weighted by atomic mass is 10.2. The third kappa shape index (κ3) is 4.99. The average molecular weight is 300 g/mol. The molecule has 106 valence electrons. The van der Waals surface area contributed by atoms with Gasteiger partial charge in [0.2, 0.25) is 0 Å². The van der Waals surface area contributed by atoms with Gasteiger partial charge in [-0.05, 0) is 43.5 Å². The summed E-state index contributed by atoms with van der Waals surface area (Å²) in [5.74, 6) is 0. The van der Waals surface area contributed by atoms with E-state index in [4.69, 9.17) is 16.3 Å². The smallest absolute Gasteiger partial charge is 0.0476 e. The van der Waals surface area contributed by atoms with E-state index in [2.05, 4.69) is 24.4 Å². The number of halogens is 1. The summed E-state index contributed by atoms with van der Waals surface area (Å²) in [6.07, 6.45) is 3.44. The maximum atomic E-state index is 6.14. The highest BCUT2D eigenvalue weighted by atomic mass is 35.5. The topological polar surface area (TPSA) is 21.3 Å². The highest BCUT2D eigenvalue weighted by Gasteiger charge is 2.16. The minimum Gasteiger partial charge on any atom is -0.381 e. The quantitative estimate of drug-likeness (QED) is 0.799. The molecule has 1 heterocycles. The maximum Gasteiger partial charge on any atom is 0.0476 e. The van der Waals surface area contributed by atoms with Crippen LogP contribution in [0.3, 0.4) is 0 Å². The van der Waals surface area contributed by atoms with Crippen molar-refractivity contribution in [2.24, 2.45) is 0 Å². The minimum atomic E-state index is 0.664. The summed E-state index contributed by atoms with van der Waals surface area (Å²) < 4.78 is 5.42. The van der Waals surface area contributed by atoms with E-state index in [9.17, 15) is 0 Å². The Morgan fingerprint density at radius 2 is 2.16 bits per heavy atom. The van der Waals surface area contributed by atoms with Gasteiger partial charge in [0.1, 0.15) is 0 Å². The van der Waals surface area contributed by atoms with Crippen LogP contribution in [-0.4, -0.2) is 25.0 Å². The zero-order chi connectivity index (χ0) is 13.5. The van der Waals surface area contributed by atoms with Crippen LogP contribution in [0.5, 0.6) is 0 Å². The Kier molecular flexibility index (Phi) is 6.51. The highest BCUT2D eigenvalue weighted by Crippen LogP contribution is 2.33. The predicted octanol–water partition coefficient (Wildman–Crippen LogP) is 4.11. The average Bonchev–Trinajstić information content (AvgIpc) is 2.43. The van der Waals surface area contributed by atoms with Gasteiger partial charge in [0.05, 0.1) is 0 Å². The fourth-order valence-corrected chi connectivity index (χ4v) is 3.67. The van der Waals surface area contributed by atoms with Gasteiger partial charge in [0.25, 0.3) is 0 Å². The Bertz CT molecular complexity index is 394. The largest absolute Gasteiger partial charge is 0.381 e. The van der Waals surface area contributed by atoms with Gasteiger partial charge in [-0.3, -0.25) is 0 Å². The van der Waals surface area contributed by atoms with E-state index in [1.807, 2.05) is 17.8 Å². The molecule has 0 saturated carbocycles. The van der Waals surface area contributed by atoms with Crippen molar-refractivity contribution < 1.29 is 4.74 Å². The molecule has 1 aliphatic heterocycles. The zero-order valence-corrected chi connectivity index (χ0v) is 13.0. The molecule has 0 spiro atoms. The van der Waals surface area contributed by atoms with Gasteiger partial charge >= 0.3 is 0 Å². The van der Waals surface area contributed by atoms with E-state index in [-0.39, 0.29) is 0 Å². The van der Waals surface area contributed by atoms with Crippen LogP contribution in [-0.2, 0) is 11.3 Å². The van der Waals surface area contributed by atoms with Crippen LogP contribution in [0.15, 0.2) is 23.1 Å². The fraction of sp³-hybridized carbons (Fsp3) is 0.600. The van der Waals surface area contributed by atoms with Gasteiger partial charge in [-0.1, -0.05) is 24.6 Å². The molecule has 1 N–H and O–H groups in total. The molecule has 1 aromatic rings. The number of rotatable bonds is 6. The van der Waals surface area contributed by atoms with Gasteiger partial charge in [0, 0.05) is 34.9 Å². The van der Waals surface area contributed by atoms with Crippen LogP contribution in [0.4, 0.5) is 0 Å². The Balaban J connectivity index is 2.01. The monoisotopic (exact) mass is 299 g/mol. The second-order valence-corrected chi connectivity index (χ2v) is 6.64. The third-order valence-electron chi connectivity index (χ3n) is 3.23. The first-order valence-electron chi connectivity index (χ1n) is 7.03. The lowest BCUT2D eigenvalue weighted by molar-refractivity contribution is 0.1000. The zero-order valence-electron chi connectivity index (χ0n) is 11.5. The van der Waals surface area contributed by atoms with Crippen molar-refractivity contribution in [3.05, 3.63) is 28.8 Å². The van der Waals surface area contributed by atoms with E-state index in [0.717, 1.165) is 50.6 Å². The molecule has 1 saturated heterocycles. The first-order chi connectivity index (χ1) is 9.29. The molecule has 1 fully saturated rings. The molecule has 1 aliphatic rings. The second kappa shape index (κ2) is 8.15. The summed E-state index contributed by atoms with van der Waals surface area (Å²) in [6.45, 7) is 5.95. The second-order valence-electron chi connectivity index (χ2n) is 4.86. The van der Waals surface area contributed by atoms with E-state index < -0.39 is 0 Å². The van der Waals surface area contributed by atoms with Crippen LogP contribution in [0.2, 0.25) is 5.02 Å². The highest BCUT2D eigenvalue weighted by molar-refractivity contribution is 8.00. The van der Waals surface area contributed by atoms with Crippen molar-refractivity contribution in [2.75, 3.05) is 19.8 Å². The molecule has 0 bridgehead atoms. The van der Waals surface area contributed by atoms with Crippen LogP contribution in [0.1, 0.15) is 31.7 Å². The maximum absolute atomic E-state index is 6.14. The number of hydrogen-bond acceptors (Lipinski definition) is 3. The Morgan fingerprint density at radius 3 is 2.89 bits per heavy atom. The minimum absolute atomic E-state index is 0.664. The molecule has 0 atom stereocenters. The third-order valence-corrected chi connectivity index (χ3v) is 4.91. The SMILES string of the molecule is CCCNCc1ccc(Cl)cc1SC1CCOCC1. The standard InChI is InChI=1S/C15H22ClNOS/c1-2-7-17-11-12-3-4-13(16)10-15(12)19-14-5-8-18-9-6-14/h3-4,10,14,17H,2,5-9,11H2,1H3. The van der Waals surface area contributed by atoms with Gasteiger partial charge in [-0.15, -0.1) is 11.8 Å². The van der Waals surface area contributed by atoms with Crippen molar-refractivity contribution in [1.29, 1.82) is 0 Å². The summed E-state index contributed by atoms with van der Waals surface area (Å²) in [5, 5.41) is 4.96. The molecule has 19 heavy (non-hydrogen) atoms. The van der Waals surface area contributed by atoms with Gasteiger partial charge in [0.15, 0.2) is 0 Å². The first kappa shape index (κ1) is 15.2. The van der Waals surface area contributed by atoms with Crippen LogP contribution in [0.25, 0.3) is 0 Å². The van der Waals surface area contributed by atoms with Crippen molar-refractivity contribution >= 4 is 23.4 Å². The Labute approximate surface area is 125 Å². The van der Waals surface area contributed by atoms with E-state index in [1.165, 1.54) is 10.5 Å². The van der Waals surface area contributed by atoms with Crippen LogP contribution >= 0.6 is 23.4 Å². The fourth-order valence-electron chi connectivity index (χ4n) is 2.16. The van der Waals surface area contributed by atoms with Crippen molar-refractivity contribution in [2.45, 2.75) is 42.9 Å². The molecular weight excluding hydrogens is 278 g/mol. The Morgan fingerprint density at radius 1 is 1.37 bits per heavy atom. The lowest BCUT2D eigenvalue weighted by Gasteiger charge is -2.22. The molecule has 2 nitrogen and oxygen atoms in total. The van der Waals surface area contributed by atoms with Crippen molar-refractivity contribution in [3.63, 3.8) is 0 Å².